The van der Waals surface area contributed by atoms with Crippen LogP contribution in [0.5, 0.6) is 23.0 Å². The van der Waals surface area contributed by atoms with Crippen molar-refractivity contribution in [2.75, 3.05) is 21.3 Å². The topological polar surface area (TPSA) is 65.0 Å². The average Bonchev–Trinajstić information content (AvgIpc) is 2.53. The monoisotopic (exact) mass is 288 g/mol. The third kappa shape index (κ3) is 2.76. The number of benzene rings is 2. The summed E-state index contributed by atoms with van der Waals surface area (Å²) in [6.07, 6.45) is 0. The van der Waals surface area contributed by atoms with Gasteiger partial charge in [-0.2, -0.15) is 0 Å². The Morgan fingerprint density at radius 3 is 2.05 bits per heavy atom. The molecule has 0 spiro atoms. The van der Waals surface area contributed by atoms with E-state index in [0.29, 0.717) is 17.2 Å². The second kappa shape index (κ2) is 6.17. The normalized spacial score (nSPS) is 10.0. The molecule has 0 unspecified atom stereocenters. The second-order valence-corrected chi connectivity index (χ2v) is 4.25. The maximum absolute atomic E-state index is 12.7. The SMILES string of the molecule is COc1ccc(C(=O)c2c(OC)cccc2OC)c(O)c1. The van der Waals surface area contributed by atoms with Gasteiger partial charge in [-0.25, -0.2) is 0 Å². The molecule has 0 saturated carbocycles. The van der Waals surface area contributed by atoms with Gasteiger partial charge in [0.25, 0.3) is 0 Å². The number of rotatable bonds is 5. The fraction of sp³-hybridized carbons (Fsp3) is 0.188. The van der Waals surface area contributed by atoms with Gasteiger partial charge >= 0.3 is 0 Å². The lowest BCUT2D eigenvalue weighted by molar-refractivity contribution is 0.103. The van der Waals surface area contributed by atoms with E-state index in [-0.39, 0.29) is 22.7 Å². The predicted octanol–water partition coefficient (Wildman–Crippen LogP) is 2.65. The van der Waals surface area contributed by atoms with Crippen molar-refractivity contribution >= 4 is 5.78 Å². The highest BCUT2D eigenvalue weighted by molar-refractivity contribution is 6.14. The summed E-state index contributed by atoms with van der Waals surface area (Å²) in [7, 11) is 4.43. The van der Waals surface area contributed by atoms with Crippen LogP contribution in [-0.2, 0) is 0 Å². The molecule has 0 heterocycles. The Labute approximate surface area is 122 Å². The second-order valence-electron chi connectivity index (χ2n) is 4.25. The molecule has 110 valence electrons. The van der Waals surface area contributed by atoms with E-state index < -0.39 is 0 Å². The zero-order valence-electron chi connectivity index (χ0n) is 12.0. The maximum Gasteiger partial charge on any atom is 0.204 e. The van der Waals surface area contributed by atoms with Gasteiger partial charge in [0, 0.05) is 6.07 Å². The summed E-state index contributed by atoms with van der Waals surface area (Å²) in [6.45, 7) is 0. The predicted molar refractivity (Wildman–Crippen MR) is 77.6 cm³/mol. The lowest BCUT2D eigenvalue weighted by atomic mass is 10.0. The molecule has 0 aliphatic heterocycles. The molecule has 0 aromatic heterocycles. The van der Waals surface area contributed by atoms with Crippen LogP contribution in [0, 0.1) is 0 Å². The molecule has 2 rings (SSSR count). The summed E-state index contributed by atoms with van der Waals surface area (Å²) in [5, 5.41) is 10.00. The van der Waals surface area contributed by atoms with E-state index in [1.165, 1.54) is 33.5 Å². The van der Waals surface area contributed by atoms with Crippen molar-refractivity contribution in [1.82, 2.24) is 0 Å². The Hall–Kier alpha value is -2.69. The van der Waals surface area contributed by atoms with Crippen molar-refractivity contribution in [2.45, 2.75) is 0 Å². The molecule has 0 atom stereocenters. The third-order valence-corrected chi connectivity index (χ3v) is 3.10. The first-order chi connectivity index (χ1) is 10.1. The van der Waals surface area contributed by atoms with Crippen LogP contribution in [-0.4, -0.2) is 32.2 Å². The minimum atomic E-state index is -0.385. The summed E-state index contributed by atoms with van der Waals surface area (Å²) >= 11 is 0. The Morgan fingerprint density at radius 1 is 0.952 bits per heavy atom. The molecule has 5 heteroatoms. The number of ether oxygens (including phenoxy) is 3. The van der Waals surface area contributed by atoms with Crippen LogP contribution in [0.1, 0.15) is 15.9 Å². The van der Waals surface area contributed by atoms with Gasteiger partial charge in [-0.1, -0.05) is 6.07 Å². The molecule has 5 nitrogen and oxygen atoms in total. The van der Waals surface area contributed by atoms with Crippen molar-refractivity contribution < 1.29 is 24.1 Å². The molecule has 0 aliphatic rings. The number of phenolic OH excluding ortho intramolecular Hbond substituents is 1. The first kappa shape index (κ1) is 14.7. The lowest BCUT2D eigenvalue weighted by Gasteiger charge is -2.13. The molecule has 0 aliphatic carbocycles. The van der Waals surface area contributed by atoms with Gasteiger partial charge in [0.2, 0.25) is 5.78 Å². The summed E-state index contributed by atoms with van der Waals surface area (Å²) < 4.78 is 15.4. The average molecular weight is 288 g/mol. The largest absolute Gasteiger partial charge is 0.507 e. The van der Waals surface area contributed by atoms with Crippen molar-refractivity contribution in [1.29, 1.82) is 0 Å². The molecule has 1 N–H and O–H groups in total. The number of aromatic hydroxyl groups is 1. The van der Waals surface area contributed by atoms with Crippen LogP contribution in [0.2, 0.25) is 0 Å². The van der Waals surface area contributed by atoms with Gasteiger partial charge in [0.15, 0.2) is 0 Å². The molecule has 0 saturated heterocycles. The van der Waals surface area contributed by atoms with Crippen molar-refractivity contribution in [3.63, 3.8) is 0 Å². The van der Waals surface area contributed by atoms with E-state index in [0.717, 1.165) is 0 Å². The van der Waals surface area contributed by atoms with E-state index in [9.17, 15) is 9.90 Å². The summed E-state index contributed by atoms with van der Waals surface area (Å²) in [4.78, 5) is 12.7. The van der Waals surface area contributed by atoms with Crippen molar-refractivity contribution in [2.24, 2.45) is 0 Å². The van der Waals surface area contributed by atoms with Crippen LogP contribution < -0.4 is 14.2 Å². The third-order valence-electron chi connectivity index (χ3n) is 3.10. The first-order valence-electron chi connectivity index (χ1n) is 6.25. The van der Waals surface area contributed by atoms with Crippen LogP contribution in [0.3, 0.4) is 0 Å². The zero-order chi connectivity index (χ0) is 15.4. The molecule has 21 heavy (non-hydrogen) atoms. The van der Waals surface area contributed by atoms with Crippen molar-refractivity contribution in [3.8, 4) is 23.0 Å². The summed E-state index contributed by atoms with van der Waals surface area (Å²) in [5.41, 5.74) is 0.418. The standard InChI is InChI=1S/C16H16O5/c1-19-10-7-8-11(12(17)9-10)16(18)15-13(20-2)5-4-6-14(15)21-3/h4-9,17H,1-3H3. The fourth-order valence-electron chi connectivity index (χ4n) is 2.04. The Kier molecular flexibility index (Phi) is 4.33. The maximum atomic E-state index is 12.7. The lowest BCUT2D eigenvalue weighted by Crippen LogP contribution is -2.07. The van der Waals surface area contributed by atoms with Crippen molar-refractivity contribution in [3.05, 3.63) is 47.5 Å². The number of methoxy groups -OCH3 is 3. The van der Waals surface area contributed by atoms with E-state index in [1.807, 2.05) is 0 Å². The highest BCUT2D eigenvalue weighted by Crippen LogP contribution is 2.33. The number of hydrogen-bond donors (Lipinski definition) is 1. The van der Waals surface area contributed by atoms with Gasteiger partial charge in [-0.15, -0.1) is 0 Å². The number of carbonyl (C=O) groups is 1. The van der Waals surface area contributed by atoms with Crippen LogP contribution in [0.15, 0.2) is 36.4 Å². The number of ketones is 1. The summed E-state index contributed by atoms with van der Waals surface area (Å²) in [6, 6.07) is 9.54. The zero-order valence-corrected chi connectivity index (χ0v) is 12.0. The fourth-order valence-corrected chi connectivity index (χ4v) is 2.04. The minimum Gasteiger partial charge on any atom is -0.507 e. The molecule has 2 aromatic rings. The number of carbonyl (C=O) groups excluding carboxylic acids is 1. The van der Waals surface area contributed by atoms with Crippen LogP contribution in [0.4, 0.5) is 0 Å². The van der Waals surface area contributed by atoms with Gasteiger partial charge < -0.3 is 19.3 Å². The van der Waals surface area contributed by atoms with E-state index in [1.54, 1.807) is 24.3 Å². The number of phenols is 1. The van der Waals surface area contributed by atoms with Crippen LogP contribution in [0.25, 0.3) is 0 Å². The molecule has 0 radical (unpaired) electrons. The molecule has 0 amide bonds. The number of hydrogen-bond acceptors (Lipinski definition) is 5. The van der Waals surface area contributed by atoms with E-state index >= 15 is 0 Å². The van der Waals surface area contributed by atoms with Gasteiger partial charge in [-0.05, 0) is 24.3 Å². The van der Waals surface area contributed by atoms with E-state index in [2.05, 4.69) is 0 Å². The molecule has 2 aromatic carbocycles. The molecule has 0 bridgehead atoms. The Balaban J connectivity index is 2.54. The Bertz CT molecular complexity index is 641. The van der Waals surface area contributed by atoms with Gasteiger partial charge in [0.05, 0.1) is 26.9 Å². The first-order valence-corrected chi connectivity index (χ1v) is 6.25. The summed E-state index contributed by atoms with van der Waals surface area (Å²) in [5.74, 6) is 0.692. The Morgan fingerprint density at radius 2 is 1.57 bits per heavy atom. The highest BCUT2D eigenvalue weighted by atomic mass is 16.5. The van der Waals surface area contributed by atoms with E-state index in [4.69, 9.17) is 14.2 Å². The molecule has 0 fully saturated rings. The van der Waals surface area contributed by atoms with Gasteiger partial charge in [-0.3, -0.25) is 4.79 Å². The smallest absolute Gasteiger partial charge is 0.204 e. The molecular formula is C16H16O5. The molecular weight excluding hydrogens is 272 g/mol. The van der Waals surface area contributed by atoms with Crippen LogP contribution >= 0.6 is 0 Å². The quantitative estimate of drug-likeness (QED) is 0.857. The minimum absolute atomic E-state index is 0.151. The highest BCUT2D eigenvalue weighted by Gasteiger charge is 2.22. The van der Waals surface area contributed by atoms with Gasteiger partial charge in [0.1, 0.15) is 28.6 Å².